The Hall–Kier alpha value is -2.47. The van der Waals surface area contributed by atoms with E-state index in [2.05, 4.69) is 27.9 Å². The van der Waals surface area contributed by atoms with Crippen LogP contribution in [0.4, 0.5) is 4.79 Å². The second-order valence-electron chi connectivity index (χ2n) is 12.4. The van der Waals surface area contributed by atoms with Gasteiger partial charge in [-0.25, -0.2) is 9.47 Å². The van der Waals surface area contributed by atoms with Crippen LogP contribution in [0.25, 0.3) is 11.0 Å². The van der Waals surface area contributed by atoms with Gasteiger partial charge in [0.1, 0.15) is 5.54 Å². The second-order valence-corrected chi connectivity index (χ2v) is 12.4. The van der Waals surface area contributed by atoms with Gasteiger partial charge in [0.25, 0.3) is 0 Å². The van der Waals surface area contributed by atoms with Crippen LogP contribution in [0.2, 0.25) is 0 Å². The molecule has 2 fully saturated rings. The standard InChI is InChI=1S/C27H39N5O3/c1-25(2,3)32(24(33)34)11-10-26(4,18-32)16-29-17-27(35)9-5-6-21(13-27)15-31-19-30-22-8-7-20(14-28)12-23(22)31/h7-8,12,19,21,29,35H,5-6,9-11,13,15-18H2,1-4H3/p+1/t21-,26?,27-,32?/m0/s1. The monoisotopic (exact) mass is 482 g/mol. The first-order chi connectivity index (χ1) is 16.4. The second kappa shape index (κ2) is 9.20. The summed E-state index contributed by atoms with van der Waals surface area (Å²) >= 11 is 0. The number of nitrogens with one attached hydrogen (secondary N) is 1. The first-order valence-corrected chi connectivity index (χ1v) is 12.8. The zero-order valence-electron chi connectivity index (χ0n) is 21.5. The normalized spacial score (nSPS) is 31.5. The van der Waals surface area contributed by atoms with E-state index in [9.17, 15) is 20.3 Å². The summed E-state index contributed by atoms with van der Waals surface area (Å²) in [6, 6.07) is 7.75. The van der Waals surface area contributed by atoms with Crippen molar-refractivity contribution in [2.24, 2.45) is 11.3 Å². The number of rotatable bonds is 6. The molecule has 1 amide bonds. The molecule has 4 rings (SSSR count). The quantitative estimate of drug-likeness (QED) is 0.534. The lowest BCUT2D eigenvalue weighted by Gasteiger charge is -2.41. The fourth-order valence-electron chi connectivity index (χ4n) is 6.36. The number of quaternary nitrogens is 1. The molecule has 8 heteroatoms. The molecule has 0 bridgehead atoms. The number of fused-ring (bicyclic) bond motifs is 1. The SMILES string of the molecule is CC1(CNC[C@]2(O)CCC[C@H](Cn3cnc4ccc(C#N)cc43)C2)CC[N+](C(=O)O)(C(C)(C)C)C1. The van der Waals surface area contributed by atoms with Gasteiger partial charge in [0, 0.05) is 31.5 Å². The number of benzene rings is 1. The molecule has 1 aliphatic carbocycles. The Balaban J connectivity index is 1.36. The van der Waals surface area contributed by atoms with E-state index in [-0.39, 0.29) is 15.4 Å². The Kier molecular flexibility index (Phi) is 6.73. The molecular formula is C27H40N5O3+. The van der Waals surface area contributed by atoms with Crippen molar-refractivity contribution >= 4 is 17.1 Å². The van der Waals surface area contributed by atoms with Gasteiger partial charge in [-0.3, -0.25) is 0 Å². The summed E-state index contributed by atoms with van der Waals surface area (Å²) in [5.74, 6) is 0.331. The Bertz CT molecular complexity index is 1130. The van der Waals surface area contributed by atoms with E-state index in [1.807, 2.05) is 39.2 Å². The molecule has 2 heterocycles. The molecule has 2 aliphatic rings. The summed E-state index contributed by atoms with van der Waals surface area (Å²) in [5, 5.41) is 34.2. The predicted molar refractivity (Wildman–Crippen MR) is 135 cm³/mol. The summed E-state index contributed by atoms with van der Waals surface area (Å²) in [4.78, 5) is 16.7. The van der Waals surface area contributed by atoms with E-state index in [4.69, 9.17) is 0 Å². The molecule has 1 saturated heterocycles. The minimum absolute atomic E-state index is 0.0872. The smallest absolute Gasteiger partial charge is 0.435 e. The number of likely N-dealkylation sites (tertiary alicyclic amines) is 1. The number of aromatic nitrogens is 2. The van der Waals surface area contributed by atoms with Crippen molar-refractivity contribution in [2.45, 2.75) is 77.5 Å². The molecule has 8 nitrogen and oxygen atoms in total. The molecule has 0 spiro atoms. The number of hydrogen-bond acceptors (Lipinski definition) is 5. The van der Waals surface area contributed by atoms with Crippen molar-refractivity contribution in [1.29, 1.82) is 5.26 Å². The largest absolute Gasteiger partial charge is 0.514 e. The third kappa shape index (κ3) is 5.09. The van der Waals surface area contributed by atoms with Crippen molar-refractivity contribution in [3.05, 3.63) is 30.1 Å². The first kappa shape index (κ1) is 25.6. The van der Waals surface area contributed by atoms with Gasteiger partial charge in [0.15, 0.2) is 0 Å². The third-order valence-electron chi connectivity index (χ3n) is 8.53. The van der Waals surface area contributed by atoms with Crippen LogP contribution >= 0.6 is 0 Å². The molecule has 0 radical (unpaired) electrons. The maximum atomic E-state index is 12.2. The van der Waals surface area contributed by atoms with Crippen LogP contribution in [0.5, 0.6) is 0 Å². The van der Waals surface area contributed by atoms with Crippen LogP contribution < -0.4 is 5.32 Å². The van der Waals surface area contributed by atoms with E-state index >= 15 is 0 Å². The zero-order chi connectivity index (χ0) is 25.5. The maximum Gasteiger partial charge on any atom is 0.514 e. The number of nitrogens with zero attached hydrogens (tertiary/aromatic N) is 4. The number of carboxylic acid groups (broad SMARTS) is 1. The lowest BCUT2D eigenvalue weighted by atomic mass is 9.77. The molecule has 4 atom stereocenters. The highest BCUT2D eigenvalue weighted by Gasteiger charge is 2.57. The van der Waals surface area contributed by atoms with Gasteiger partial charge >= 0.3 is 6.09 Å². The van der Waals surface area contributed by atoms with Gasteiger partial charge < -0.3 is 20.1 Å². The van der Waals surface area contributed by atoms with Crippen LogP contribution in [0, 0.1) is 22.7 Å². The highest BCUT2D eigenvalue weighted by molar-refractivity contribution is 5.76. The van der Waals surface area contributed by atoms with Gasteiger partial charge in [-0.1, -0.05) is 13.3 Å². The summed E-state index contributed by atoms with van der Waals surface area (Å²) in [6.07, 6.45) is 5.45. The van der Waals surface area contributed by atoms with Gasteiger partial charge in [0.2, 0.25) is 0 Å². The maximum absolute atomic E-state index is 12.2. The van der Waals surface area contributed by atoms with E-state index in [0.717, 1.165) is 43.3 Å². The fourth-order valence-corrected chi connectivity index (χ4v) is 6.36. The fraction of sp³-hybridized carbons (Fsp3) is 0.667. The average molecular weight is 483 g/mol. The molecule has 1 aromatic heterocycles. The van der Waals surface area contributed by atoms with Crippen LogP contribution in [0.1, 0.15) is 65.4 Å². The molecule has 2 unspecified atom stereocenters. The first-order valence-electron chi connectivity index (χ1n) is 12.8. The number of aliphatic hydroxyl groups is 1. The summed E-state index contributed by atoms with van der Waals surface area (Å²) in [5.41, 5.74) is 1.22. The number of imidazole rings is 1. The average Bonchev–Trinajstić information content (AvgIpc) is 3.35. The minimum atomic E-state index is -0.769. The van der Waals surface area contributed by atoms with Gasteiger partial charge in [-0.05, 0) is 64.2 Å². The molecular weight excluding hydrogens is 442 g/mol. The van der Waals surface area contributed by atoms with Crippen molar-refractivity contribution in [3.63, 3.8) is 0 Å². The van der Waals surface area contributed by atoms with Crippen LogP contribution in [0.3, 0.4) is 0 Å². The molecule has 2 aromatic rings. The summed E-state index contributed by atoms with van der Waals surface area (Å²) in [6.45, 7) is 11.4. The molecule has 1 saturated carbocycles. The zero-order valence-corrected chi connectivity index (χ0v) is 21.5. The van der Waals surface area contributed by atoms with Crippen molar-refractivity contribution in [2.75, 3.05) is 26.2 Å². The van der Waals surface area contributed by atoms with Gasteiger partial charge in [0.05, 0.1) is 47.7 Å². The molecule has 35 heavy (non-hydrogen) atoms. The number of nitriles is 1. The summed E-state index contributed by atoms with van der Waals surface area (Å²) < 4.78 is 2.19. The van der Waals surface area contributed by atoms with E-state index < -0.39 is 11.7 Å². The van der Waals surface area contributed by atoms with Crippen LogP contribution in [-0.2, 0) is 6.54 Å². The molecule has 1 aliphatic heterocycles. The molecule has 1 aromatic carbocycles. The predicted octanol–water partition coefficient (Wildman–Crippen LogP) is 4.12. The molecule has 190 valence electrons. The third-order valence-corrected chi connectivity index (χ3v) is 8.53. The highest BCUT2D eigenvalue weighted by Crippen LogP contribution is 2.41. The Morgan fingerprint density at radius 2 is 2.11 bits per heavy atom. The van der Waals surface area contributed by atoms with E-state index in [0.29, 0.717) is 44.1 Å². The van der Waals surface area contributed by atoms with Gasteiger partial charge in [-0.2, -0.15) is 10.1 Å². The van der Waals surface area contributed by atoms with Crippen LogP contribution in [0.15, 0.2) is 24.5 Å². The highest BCUT2D eigenvalue weighted by atomic mass is 16.4. The summed E-state index contributed by atoms with van der Waals surface area (Å²) in [7, 11) is 0. The topological polar surface area (TPSA) is 111 Å². The van der Waals surface area contributed by atoms with Gasteiger partial charge in [-0.15, -0.1) is 0 Å². The van der Waals surface area contributed by atoms with Crippen molar-refractivity contribution < 1.29 is 19.5 Å². The lowest BCUT2D eigenvalue weighted by molar-refractivity contribution is -0.894. The Labute approximate surface area is 208 Å². The van der Waals surface area contributed by atoms with Crippen LogP contribution in [-0.4, -0.2) is 67.7 Å². The number of carbonyl (C=O) groups is 1. The Morgan fingerprint density at radius 3 is 2.77 bits per heavy atom. The Morgan fingerprint density at radius 1 is 1.34 bits per heavy atom. The minimum Gasteiger partial charge on any atom is -0.435 e. The number of amides is 1. The number of hydrogen-bond donors (Lipinski definition) is 3. The molecule has 3 N–H and O–H groups in total. The van der Waals surface area contributed by atoms with E-state index in [1.54, 1.807) is 6.07 Å². The lowest BCUT2D eigenvalue weighted by Crippen LogP contribution is -2.62. The van der Waals surface area contributed by atoms with Crippen molar-refractivity contribution in [3.8, 4) is 6.07 Å². The van der Waals surface area contributed by atoms with Crippen molar-refractivity contribution in [1.82, 2.24) is 14.9 Å². The van der Waals surface area contributed by atoms with E-state index in [1.165, 1.54) is 0 Å².